The number of primary amides is 1. The van der Waals surface area contributed by atoms with Gasteiger partial charge < -0.3 is 16.4 Å². The van der Waals surface area contributed by atoms with Gasteiger partial charge in [0.2, 0.25) is 11.8 Å². The van der Waals surface area contributed by atoms with Crippen molar-refractivity contribution in [2.45, 2.75) is 44.2 Å². The lowest BCUT2D eigenvalue weighted by Crippen LogP contribution is -2.45. The SMILES string of the molecule is NC(=O)CN(C(=O)C1CC1N)C1CCCC1. The number of nitrogens with two attached hydrogens (primary N) is 2. The zero-order chi connectivity index (χ0) is 11.7. The highest BCUT2D eigenvalue weighted by atomic mass is 16.2. The molecule has 2 saturated carbocycles. The number of nitrogens with zero attached hydrogens (tertiary/aromatic N) is 1. The molecule has 0 aliphatic heterocycles. The summed E-state index contributed by atoms with van der Waals surface area (Å²) in [7, 11) is 0. The molecule has 2 aliphatic rings. The van der Waals surface area contributed by atoms with Gasteiger partial charge in [0.15, 0.2) is 0 Å². The molecule has 2 atom stereocenters. The first-order chi connectivity index (χ1) is 7.59. The highest BCUT2D eigenvalue weighted by molar-refractivity contribution is 5.87. The van der Waals surface area contributed by atoms with Crippen LogP contribution in [0.5, 0.6) is 0 Å². The lowest BCUT2D eigenvalue weighted by Gasteiger charge is -2.28. The number of hydrogen-bond acceptors (Lipinski definition) is 3. The average Bonchev–Trinajstić information content (AvgIpc) is 2.77. The number of carbonyl (C=O) groups is 2. The summed E-state index contributed by atoms with van der Waals surface area (Å²) in [6, 6.07) is 0.192. The Balaban J connectivity index is 2.01. The van der Waals surface area contributed by atoms with Crippen LogP contribution in [-0.2, 0) is 9.59 Å². The summed E-state index contributed by atoms with van der Waals surface area (Å²) >= 11 is 0. The molecule has 5 nitrogen and oxygen atoms in total. The van der Waals surface area contributed by atoms with Gasteiger partial charge in [0.05, 0.1) is 12.5 Å². The minimum atomic E-state index is -0.436. The molecular formula is C11H19N3O2. The summed E-state index contributed by atoms with van der Waals surface area (Å²) in [6.45, 7) is 0.0483. The molecule has 5 heteroatoms. The van der Waals surface area contributed by atoms with E-state index in [-0.39, 0.29) is 30.5 Å². The predicted octanol–water partition coefficient (Wildman–Crippen LogP) is -0.410. The van der Waals surface area contributed by atoms with E-state index in [1.807, 2.05) is 0 Å². The lowest BCUT2D eigenvalue weighted by atomic mass is 10.2. The van der Waals surface area contributed by atoms with Gasteiger partial charge in [-0.15, -0.1) is 0 Å². The summed E-state index contributed by atoms with van der Waals surface area (Å²) in [5.41, 5.74) is 10.9. The van der Waals surface area contributed by atoms with Gasteiger partial charge in [-0.05, 0) is 19.3 Å². The summed E-state index contributed by atoms with van der Waals surface area (Å²) < 4.78 is 0. The van der Waals surface area contributed by atoms with Gasteiger partial charge in [-0.1, -0.05) is 12.8 Å². The molecule has 0 heterocycles. The number of carbonyl (C=O) groups excluding carboxylic acids is 2. The molecule has 0 spiro atoms. The van der Waals surface area contributed by atoms with E-state index in [0.717, 1.165) is 32.1 Å². The molecule has 2 aliphatic carbocycles. The topological polar surface area (TPSA) is 89.4 Å². The molecule has 0 aromatic carbocycles. The van der Waals surface area contributed by atoms with E-state index < -0.39 is 5.91 Å². The van der Waals surface area contributed by atoms with Crippen molar-refractivity contribution >= 4 is 11.8 Å². The third-order valence-corrected chi connectivity index (χ3v) is 3.53. The van der Waals surface area contributed by atoms with Crippen LogP contribution in [0.4, 0.5) is 0 Å². The Bertz CT molecular complexity index is 300. The minimum absolute atomic E-state index is 0.00993. The Morgan fingerprint density at radius 1 is 1.25 bits per heavy atom. The van der Waals surface area contributed by atoms with Crippen LogP contribution in [0.25, 0.3) is 0 Å². The third kappa shape index (κ3) is 2.35. The first kappa shape index (κ1) is 11.4. The molecule has 0 aromatic heterocycles. The Morgan fingerprint density at radius 3 is 2.25 bits per heavy atom. The molecule has 90 valence electrons. The average molecular weight is 225 g/mol. The molecule has 0 aromatic rings. The fraction of sp³-hybridized carbons (Fsp3) is 0.818. The van der Waals surface area contributed by atoms with Crippen LogP contribution in [0.15, 0.2) is 0 Å². The maximum Gasteiger partial charge on any atom is 0.237 e. The van der Waals surface area contributed by atoms with Crippen molar-refractivity contribution in [3.8, 4) is 0 Å². The summed E-state index contributed by atoms with van der Waals surface area (Å²) in [5.74, 6) is -0.479. The van der Waals surface area contributed by atoms with Gasteiger partial charge in [0.25, 0.3) is 0 Å². The van der Waals surface area contributed by atoms with E-state index in [4.69, 9.17) is 11.5 Å². The van der Waals surface area contributed by atoms with E-state index in [9.17, 15) is 9.59 Å². The zero-order valence-corrected chi connectivity index (χ0v) is 9.39. The Hall–Kier alpha value is -1.10. The van der Waals surface area contributed by atoms with Crippen LogP contribution in [0.3, 0.4) is 0 Å². The second kappa shape index (κ2) is 4.41. The van der Waals surface area contributed by atoms with E-state index in [0.29, 0.717) is 0 Å². The van der Waals surface area contributed by atoms with Crippen molar-refractivity contribution in [3.05, 3.63) is 0 Å². The smallest absolute Gasteiger partial charge is 0.237 e. The highest BCUT2D eigenvalue weighted by Gasteiger charge is 2.44. The number of hydrogen-bond donors (Lipinski definition) is 2. The molecule has 4 N–H and O–H groups in total. The fourth-order valence-corrected chi connectivity index (χ4v) is 2.48. The summed E-state index contributed by atoms with van der Waals surface area (Å²) in [6.07, 6.45) is 4.98. The maximum atomic E-state index is 12.1. The molecular weight excluding hydrogens is 206 g/mol. The van der Waals surface area contributed by atoms with Crippen molar-refractivity contribution in [1.29, 1.82) is 0 Å². The number of amides is 2. The van der Waals surface area contributed by atoms with Crippen molar-refractivity contribution in [2.75, 3.05) is 6.54 Å². The van der Waals surface area contributed by atoms with Gasteiger partial charge in [-0.25, -0.2) is 0 Å². The lowest BCUT2D eigenvalue weighted by molar-refractivity contribution is -0.138. The van der Waals surface area contributed by atoms with Gasteiger partial charge in [0.1, 0.15) is 0 Å². The summed E-state index contributed by atoms with van der Waals surface area (Å²) in [4.78, 5) is 24.7. The molecule has 2 amide bonds. The first-order valence-electron chi connectivity index (χ1n) is 5.94. The standard InChI is InChI=1S/C11H19N3O2/c12-9-5-8(9)11(16)14(6-10(13)15)7-3-1-2-4-7/h7-9H,1-6,12H2,(H2,13,15). The second-order valence-corrected chi connectivity index (χ2v) is 4.88. The van der Waals surface area contributed by atoms with Crippen molar-refractivity contribution < 1.29 is 9.59 Å². The van der Waals surface area contributed by atoms with Crippen LogP contribution >= 0.6 is 0 Å². The molecule has 2 fully saturated rings. The normalized spacial score (nSPS) is 29.1. The first-order valence-corrected chi connectivity index (χ1v) is 5.94. The number of rotatable bonds is 4. The van der Waals surface area contributed by atoms with Gasteiger partial charge in [0, 0.05) is 12.1 Å². The maximum absolute atomic E-state index is 12.1. The van der Waals surface area contributed by atoms with E-state index >= 15 is 0 Å². The van der Waals surface area contributed by atoms with Crippen LogP contribution in [0, 0.1) is 5.92 Å². The van der Waals surface area contributed by atoms with E-state index in [2.05, 4.69) is 0 Å². The minimum Gasteiger partial charge on any atom is -0.368 e. The largest absolute Gasteiger partial charge is 0.368 e. The van der Waals surface area contributed by atoms with Crippen molar-refractivity contribution in [1.82, 2.24) is 4.90 Å². The third-order valence-electron chi connectivity index (χ3n) is 3.53. The van der Waals surface area contributed by atoms with Gasteiger partial charge >= 0.3 is 0 Å². The van der Waals surface area contributed by atoms with Gasteiger partial charge in [-0.2, -0.15) is 0 Å². The second-order valence-electron chi connectivity index (χ2n) is 4.88. The highest BCUT2D eigenvalue weighted by Crippen LogP contribution is 2.33. The molecule has 0 saturated heterocycles. The van der Waals surface area contributed by atoms with E-state index in [1.54, 1.807) is 4.90 Å². The molecule has 16 heavy (non-hydrogen) atoms. The predicted molar refractivity (Wildman–Crippen MR) is 59.2 cm³/mol. The van der Waals surface area contributed by atoms with Gasteiger partial charge in [-0.3, -0.25) is 9.59 Å². The Morgan fingerprint density at radius 2 is 1.81 bits per heavy atom. The van der Waals surface area contributed by atoms with Crippen LogP contribution in [0.1, 0.15) is 32.1 Å². The Labute approximate surface area is 95.1 Å². The van der Waals surface area contributed by atoms with Crippen molar-refractivity contribution in [3.63, 3.8) is 0 Å². The van der Waals surface area contributed by atoms with E-state index in [1.165, 1.54) is 0 Å². The fourth-order valence-electron chi connectivity index (χ4n) is 2.48. The quantitative estimate of drug-likeness (QED) is 0.681. The van der Waals surface area contributed by atoms with Crippen molar-refractivity contribution in [2.24, 2.45) is 17.4 Å². The molecule has 0 radical (unpaired) electrons. The molecule has 2 rings (SSSR count). The van der Waals surface area contributed by atoms with Crippen LogP contribution in [0.2, 0.25) is 0 Å². The van der Waals surface area contributed by atoms with Crippen LogP contribution < -0.4 is 11.5 Å². The Kier molecular flexibility index (Phi) is 3.14. The zero-order valence-electron chi connectivity index (χ0n) is 9.39. The monoisotopic (exact) mass is 225 g/mol. The molecule has 0 bridgehead atoms. The van der Waals surface area contributed by atoms with Crippen LogP contribution in [-0.4, -0.2) is 35.3 Å². The molecule has 2 unspecified atom stereocenters. The summed E-state index contributed by atoms with van der Waals surface area (Å²) in [5, 5.41) is 0.